The zero-order valence-electron chi connectivity index (χ0n) is 11.5. The van der Waals surface area contributed by atoms with Gasteiger partial charge in [0.2, 0.25) is 0 Å². The van der Waals surface area contributed by atoms with Crippen molar-refractivity contribution in [1.29, 1.82) is 0 Å². The lowest BCUT2D eigenvalue weighted by Gasteiger charge is -2.13. The van der Waals surface area contributed by atoms with Crippen LogP contribution < -0.4 is 0 Å². The third-order valence-corrected chi connectivity index (χ3v) is 5.94. The van der Waals surface area contributed by atoms with Crippen molar-refractivity contribution in [1.82, 2.24) is 14.5 Å². The minimum absolute atomic E-state index is 0.0824. The topological polar surface area (TPSA) is 64.8 Å². The zero-order chi connectivity index (χ0) is 15.2. The molecule has 2 atom stereocenters. The van der Waals surface area contributed by atoms with E-state index in [2.05, 4.69) is 9.97 Å². The predicted octanol–water partition coefficient (Wildman–Crippen LogP) is 2.82. The van der Waals surface area contributed by atoms with Crippen LogP contribution in [0.25, 0.3) is 11.2 Å². The molecule has 0 aliphatic carbocycles. The molecule has 0 N–H and O–H groups in total. The SMILES string of the molecule is CC(Cl)c1nc2cc(Cl)cnc2n1CC1CCS(=O)(=O)C1. The maximum atomic E-state index is 11.6. The van der Waals surface area contributed by atoms with E-state index in [4.69, 9.17) is 23.2 Å². The molecule has 3 rings (SSSR count). The molecule has 2 aromatic rings. The van der Waals surface area contributed by atoms with Gasteiger partial charge in [-0.2, -0.15) is 0 Å². The van der Waals surface area contributed by atoms with Crippen LogP contribution in [0.5, 0.6) is 0 Å². The average Bonchev–Trinajstić information content (AvgIpc) is 2.90. The second kappa shape index (κ2) is 5.41. The molecule has 21 heavy (non-hydrogen) atoms. The second-order valence-corrected chi connectivity index (χ2v) is 8.78. The molecule has 114 valence electrons. The lowest BCUT2D eigenvalue weighted by atomic mass is 10.1. The average molecular weight is 348 g/mol. The van der Waals surface area contributed by atoms with E-state index in [9.17, 15) is 8.42 Å². The number of nitrogens with zero attached hydrogens (tertiary/aromatic N) is 3. The van der Waals surface area contributed by atoms with E-state index >= 15 is 0 Å². The van der Waals surface area contributed by atoms with Crippen LogP contribution in [0.1, 0.15) is 24.5 Å². The molecule has 0 saturated carbocycles. The van der Waals surface area contributed by atoms with Crippen molar-refractivity contribution >= 4 is 44.2 Å². The molecule has 3 heterocycles. The molecule has 1 fully saturated rings. The van der Waals surface area contributed by atoms with Gasteiger partial charge in [-0.1, -0.05) is 11.6 Å². The van der Waals surface area contributed by atoms with E-state index in [1.54, 1.807) is 12.3 Å². The van der Waals surface area contributed by atoms with Gasteiger partial charge in [0.05, 0.1) is 21.9 Å². The van der Waals surface area contributed by atoms with Crippen LogP contribution in [0.3, 0.4) is 0 Å². The number of pyridine rings is 1. The van der Waals surface area contributed by atoms with Gasteiger partial charge in [0.15, 0.2) is 15.5 Å². The Balaban J connectivity index is 2.02. The summed E-state index contributed by atoms with van der Waals surface area (Å²) in [5, 5.41) is 0.236. The van der Waals surface area contributed by atoms with Crippen LogP contribution in [0, 0.1) is 5.92 Å². The summed E-state index contributed by atoms with van der Waals surface area (Å²) in [7, 11) is -2.90. The number of hydrogen-bond donors (Lipinski definition) is 0. The van der Waals surface area contributed by atoms with E-state index in [1.165, 1.54) is 0 Å². The smallest absolute Gasteiger partial charge is 0.160 e. The maximum Gasteiger partial charge on any atom is 0.160 e. The summed E-state index contributed by atoms with van der Waals surface area (Å²) < 4.78 is 25.2. The Bertz CT molecular complexity index is 786. The zero-order valence-corrected chi connectivity index (χ0v) is 13.8. The first-order valence-electron chi connectivity index (χ1n) is 6.72. The van der Waals surface area contributed by atoms with Gasteiger partial charge < -0.3 is 4.57 Å². The van der Waals surface area contributed by atoms with Gasteiger partial charge in [0, 0.05) is 12.7 Å². The fraction of sp³-hybridized carbons (Fsp3) is 0.538. The van der Waals surface area contributed by atoms with Crippen LogP contribution in [0.2, 0.25) is 5.02 Å². The predicted molar refractivity (Wildman–Crippen MR) is 83.6 cm³/mol. The molecule has 8 heteroatoms. The van der Waals surface area contributed by atoms with Crippen molar-refractivity contribution in [2.75, 3.05) is 11.5 Å². The minimum Gasteiger partial charge on any atom is -0.311 e. The number of alkyl halides is 1. The summed E-state index contributed by atoms with van der Waals surface area (Å²) in [6, 6.07) is 1.74. The fourth-order valence-corrected chi connectivity index (χ4v) is 4.93. The Hall–Kier alpha value is -0.850. The number of fused-ring (bicyclic) bond motifs is 1. The van der Waals surface area contributed by atoms with E-state index in [0.29, 0.717) is 35.0 Å². The maximum absolute atomic E-state index is 11.6. The number of rotatable bonds is 3. The normalized spacial score (nSPS) is 22.7. The van der Waals surface area contributed by atoms with Crippen LogP contribution in [-0.2, 0) is 16.4 Å². The number of aromatic nitrogens is 3. The molecule has 5 nitrogen and oxygen atoms in total. The van der Waals surface area contributed by atoms with Gasteiger partial charge in [-0.15, -0.1) is 11.6 Å². The molecular formula is C13H15Cl2N3O2S. The van der Waals surface area contributed by atoms with Crippen molar-refractivity contribution in [3.8, 4) is 0 Å². The molecule has 2 unspecified atom stereocenters. The molecular weight excluding hydrogens is 333 g/mol. The summed E-state index contributed by atoms with van der Waals surface area (Å²) in [4.78, 5) is 8.81. The van der Waals surface area contributed by atoms with Gasteiger partial charge >= 0.3 is 0 Å². The van der Waals surface area contributed by atoms with Crippen molar-refractivity contribution in [3.63, 3.8) is 0 Å². The monoisotopic (exact) mass is 347 g/mol. The number of halogens is 2. The second-order valence-electron chi connectivity index (χ2n) is 5.46. The first kappa shape index (κ1) is 15.1. The van der Waals surface area contributed by atoms with E-state index in [1.807, 2.05) is 11.5 Å². The summed E-state index contributed by atoms with van der Waals surface area (Å²) in [6.45, 7) is 2.41. The first-order valence-corrected chi connectivity index (χ1v) is 9.35. The van der Waals surface area contributed by atoms with E-state index < -0.39 is 9.84 Å². The van der Waals surface area contributed by atoms with E-state index in [0.717, 1.165) is 0 Å². The molecule has 0 spiro atoms. The van der Waals surface area contributed by atoms with Crippen molar-refractivity contribution < 1.29 is 8.42 Å². The third kappa shape index (κ3) is 3.03. The molecule has 1 aliphatic rings. The highest BCUT2D eigenvalue weighted by molar-refractivity contribution is 7.91. The standard InChI is InChI=1S/C13H15Cl2N3O2S/c1-8(14)12-17-11-4-10(15)5-16-13(11)18(12)6-9-2-3-21(19,20)7-9/h4-5,8-9H,2-3,6-7H2,1H3. The Kier molecular flexibility index (Phi) is 3.88. The van der Waals surface area contributed by atoms with Crippen LogP contribution in [0.4, 0.5) is 0 Å². The summed E-state index contributed by atoms with van der Waals surface area (Å²) in [5.41, 5.74) is 1.39. The number of hydrogen-bond acceptors (Lipinski definition) is 4. The highest BCUT2D eigenvalue weighted by Crippen LogP contribution is 2.28. The van der Waals surface area contributed by atoms with Crippen molar-refractivity contribution in [2.45, 2.75) is 25.3 Å². The highest BCUT2D eigenvalue weighted by Gasteiger charge is 2.29. The van der Waals surface area contributed by atoms with Crippen LogP contribution in [-0.4, -0.2) is 34.5 Å². The summed E-state index contributed by atoms with van der Waals surface area (Å²) in [6.07, 6.45) is 2.24. The Morgan fingerprint density at radius 3 is 2.90 bits per heavy atom. The number of sulfone groups is 1. The summed E-state index contributed by atoms with van der Waals surface area (Å²) >= 11 is 12.1. The molecule has 0 bridgehead atoms. The van der Waals surface area contributed by atoms with Crippen LogP contribution >= 0.6 is 23.2 Å². The van der Waals surface area contributed by atoms with Gasteiger partial charge in [0.1, 0.15) is 11.3 Å². The molecule has 0 radical (unpaired) electrons. The number of imidazole rings is 1. The van der Waals surface area contributed by atoms with Crippen molar-refractivity contribution in [3.05, 3.63) is 23.1 Å². The highest BCUT2D eigenvalue weighted by atomic mass is 35.5. The minimum atomic E-state index is -2.90. The van der Waals surface area contributed by atoms with Gasteiger partial charge in [-0.3, -0.25) is 0 Å². The molecule has 1 saturated heterocycles. The van der Waals surface area contributed by atoms with Gasteiger partial charge in [0.25, 0.3) is 0 Å². The first-order chi connectivity index (χ1) is 9.85. The molecule has 1 aliphatic heterocycles. The summed E-state index contributed by atoms with van der Waals surface area (Å²) in [5.74, 6) is 1.26. The lowest BCUT2D eigenvalue weighted by Crippen LogP contribution is -2.15. The Morgan fingerprint density at radius 2 is 2.29 bits per heavy atom. The largest absolute Gasteiger partial charge is 0.311 e. The van der Waals surface area contributed by atoms with Gasteiger partial charge in [-0.25, -0.2) is 18.4 Å². The quantitative estimate of drug-likeness (QED) is 0.800. The van der Waals surface area contributed by atoms with Crippen molar-refractivity contribution in [2.24, 2.45) is 5.92 Å². The van der Waals surface area contributed by atoms with E-state index in [-0.39, 0.29) is 22.8 Å². The molecule has 0 amide bonds. The molecule has 2 aromatic heterocycles. The lowest BCUT2D eigenvalue weighted by molar-refractivity contribution is 0.484. The van der Waals surface area contributed by atoms with Gasteiger partial charge in [-0.05, 0) is 25.3 Å². The van der Waals surface area contributed by atoms with Crippen LogP contribution in [0.15, 0.2) is 12.3 Å². The fourth-order valence-electron chi connectivity index (χ4n) is 2.76. The Morgan fingerprint density at radius 1 is 1.52 bits per heavy atom. The molecule has 0 aromatic carbocycles. The Labute approximate surface area is 133 Å². The third-order valence-electron chi connectivity index (χ3n) is 3.70.